The predicted octanol–water partition coefficient (Wildman–Crippen LogP) is 2.61. The summed E-state index contributed by atoms with van der Waals surface area (Å²) in [6.07, 6.45) is 6.00. The summed E-state index contributed by atoms with van der Waals surface area (Å²) in [6, 6.07) is 3.84. The van der Waals surface area contributed by atoms with Crippen LogP contribution in [0.4, 0.5) is 0 Å². The molecular formula is C21H24N4O2. The van der Waals surface area contributed by atoms with E-state index in [0.717, 1.165) is 71.9 Å². The largest absolute Gasteiger partial charge is 0.392 e. The number of fused-ring (bicyclic) bond motifs is 2. The van der Waals surface area contributed by atoms with Gasteiger partial charge in [0.05, 0.1) is 12.3 Å². The molecule has 1 aliphatic heterocycles. The van der Waals surface area contributed by atoms with Crippen LogP contribution in [0.15, 0.2) is 23.1 Å². The summed E-state index contributed by atoms with van der Waals surface area (Å²) in [4.78, 5) is 22.7. The maximum atomic E-state index is 13.1. The first-order valence-corrected chi connectivity index (χ1v) is 9.77. The van der Waals surface area contributed by atoms with E-state index in [2.05, 4.69) is 11.3 Å². The van der Waals surface area contributed by atoms with Crippen molar-refractivity contribution < 1.29 is 5.11 Å². The van der Waals surface area contributed by atoms with E-state index >= 15 is 0 Å². The molecule has 0 spiro atoms. The first-order valence-electron chi connectivity index (χ1n) is 9.77. The fourth-order valence-corrected chi connectivity index (χ4v) is 4.63. The van der Waals surface area contributed by atoms with Gasteiger partial charge in [0.2, 0.25) is 0 Å². The number of nitrogens with zero attached hydrogens (tertiary/aromatic N) is 4. The molecule has 0 bridgehead atoms. The van der Waals surface area contributed by atoms with Crippen molar-refractivity contribution in [1.29, 1.82) is 0 Å². The molecule has 27 heavy (non-hydrogen) atoms. The van der Waals surface area contributed by atoms with Crippen molar-refractivity contribution in [1.82, 2.24) is 18.9 Å². The van der Waals surface area contributed by atoms with Gasteiger partial charge in [-0.25, -0.2) is 9.97 Å². The van der Waals surface area contributed by atoms with Crippen LogP contribution in [0.1, 0.15) is 65.1 Å². The number of hydrogen-bond acceptors (Lipinski definition) is 4. The van der Waals surface area contributed by atoms with Gasteiger partial charge in [-0.05, 0) is 50.8 Å². The highest BCUT2D eigenvalue weighted by molar-refractivity contribution is 5.48. The Morgan fingerprint density at radius 3 is 2.89 bits per heavy atom. The van der Waals surface area contributed by atoms with Gasteiger partial charge in [-0.3, -0.25) is 9.36 Å². The molecule has 2 unspecified atom stereocenters. The SMILES string of the molecule is Cc1nc2n(c(=O)c1C1CC1c1nc3cc(CO)ccn3c1C)CCCC2. The number of aliphatic hydroxyl groups excluding tert-OH is 1. The average Bonchev–Trinajstić information content (AvgIpc) is 3.38. The van der Waals surface area contributed by atoms with Crippen LogP contribution >= 0.6 is 0 Å². The topological polar surface area (TPSA) is 72.4 Å². The van der Waals surface area contributed by atoms with Crippen molar-refractivity contribution in [2.24, 2.45) is 0 Å². The van der Waals surface area contributed by atoms with Crippen molar-refractivity contribution in [3.05, 3.63) is 62.7 Å². The fourth-order valence-electron chi connectivity index (χ4n) is 4.63. The minimum atomic E-state index is 0.0144. The third kappa shape index (κ3) is 2.54. The van der Waals surface area contributed by atoms with Crippen LogP contribution in [0.25, 0.3) is 5.65 Å². The molecule has 3 aromatic rings. The van der Waals surface area contributed by atoms with Gasteiger partial charge >= 0.3 is 0 Å². The highest BCUT2D eigenvalue weighted by Crippen LogP contribution is 2.54. The van der Waals surface area contributed by atoms with E-state index in [4.69, 9.17) is 9.97 Å². The predicted molar refractivity (Wildman–Crippen MR) is 102 cm³/mol. The van der Waals surface area contributed by atoms with Gasteiger partial charge in [-0.15, -0.1) is 0 Å². The van der Waals surface area contributed by atoms with E-state index in [1.54, 1.807) is 0 Å². The van der Waals surface area contributed by atoms with E-state index in [0.29, 0.717) is 0 Å². The minimum absolute atomic E-state index is 0.0144. The van der Waals surface area contributed by atoms with Gasteiger partial charge in [0.25, 0.3) is 5.56 Å². The lowest BCUT2D eigenvalue weighted by molar-refractivity contribution is 0.282. The number of imidazole rings is 1. The number of aromatic nitrogens is 4. The second-order valence-corrected chi connectivity index (χ2v) is 7.89. The second kappa shape index (κ2) is 6.02. The van der Waals surface area contributed by atoms with Crippen molar-refractivity contribution in [2.75, 3.05) is 0 Å². The summed E-state index contributed by atoms with van der Waals surface area (Å²) in [5, 5.41) is 9.36. The smallest absolute Gasteiger partial charge is 0.257 e. The number of rotatable bonds is 3. The maximum absolute atomic E-state index is 13.1. The molecule has 0 radical (unpaired) electrons. The minimum Gasteiger partial charge on any atom is -0.392 e. The number of pyridine rings is 1. The summed E-state index contributed by atoms with van der Waals surface area (Å²) < 4.78 is 3.96. The van der Waals surface area contributed by atoms with Crippen LogP contribution in [-0.4, -0.2) is 24.0 Å². The summed E-state index contributed by atoms with van der Waals surface area (Å²) >= 11 is 0. The molecule has 6 heteroatoms. The molecule has 0 aromatic carbocycles. The number of aliphatic hydroxyl groups is 1. The molecule has 2 atom stereocenters. The van der Waals surface area contributed by atoms with Gasteiger partial charge < -0.3 is 9.51 Å². The van der Waals surface area contributed by atoms with Gasteiger partial charge in [-0.2, -0.15) is 0 Å². The zero-order valence-electron chi connectivity index (χ0n) is 15.8. The summed E-state index contributed by atoms with van der Waals surface area (Å²) in [5.41, 5.74) is 5.84. The molecule has 0 amide bonds. The molecule has 6 nitrogen and oxygen atoms in total. The summed E-state index contributed by atoms with van der Waals surface area (Å²) in [7, 11) is 0. The third-order valence-corrected chi connectivity index (χ3v) is 6.17. The van der Waals surface area contributed by atoms with E-state index in [-0.39, 0.29) is 24.0 Å². The van der Waals surface area contributed by atoms with Crippen LogP contribution in [0, 0.1) is 13.8 Å². The molecule has 2 aliphatic rings. The summed E-state index contributed by atoms with van der Waals surface area (Å²) in [5.74, 6) is 1.44. The van der Waals surface area contributed by atoms with Crippen LogP contribution < -0.4 is 5.56 Å². The molecule has 140 valence electrons. The lowest BCUT2D eigenvalue weighted by atomic mass is 10.1. The normalized spacial score (nSPS) is 21.4. The molecule has 1 fully saturated rings. The van der Waals surface area contributed by atoms with E-state index < -0.39 is 0 Å². The molecule has 5 rings (SSSR count). The highest BCUT2D eigenvalue weighted by atomic mass is 16.3. The Kier molecular flexibility index (Phi) is 3.72. The zero-order chi connectivity index (χ0) is 18.7. The average molecular weight is 364 g/mol. The molecule has 0 saturated heterocycles. The lowest BCUT2D eigenvalue weighted by Crippen LogP contribution is -2.31. The first-order chi connectivity index (χ1) is 13.1. The number of aryl methyl sites for hydroxylation is 3. The van der Waals surface area contributed by atoms with E-state index in [9.17, 15) is 9.90 Å². The Morgan fingerprint density at radius 1 is 1.22 bits per heavy atom. The van der Waals surface area contributed by atoms with Crippen molar-refractivity contribution in [3.8, 4) is 0 Å². The van der Waals surface area contributed by atoms with Crippen molar-refractivity contribution >= 4 is 5.65 Å². The van der Waals surface area contributed by atoms with Gasteiger partial charge in [0.1, 0.15) is 11.5 Å². The van der Waals surface area contributed by atoms with Crippen molar-refractivity contribution in [2.45, 2.75) is 64.5 Å². The number of hydrogen-bond donors (Lipinski definition) is 1. The Bertz CT molecular complexity index is 1110. The zero-order valence-corrected chi connectivity index (χ0v) is 15.8. The van der Waals surface area contributed by atoms with Gasteiger partial charge in [0.15, 0.2) is 0 Å². The molecule has 1 aliphatic carbocycles. The second-order valence-electron chi connectivity index (χ2n) is 7.89. The van der Waals surface area contributed by atoms with Crippen LogP contribution in [0.3, 0.4) is 0 Å². The molecule has 4 heterocycles. The fraction of sp³-hybridized carbons (Fsp3) is 0.476. The molecule has 3 aromatic heterocycles. The van der Waals surface area contributed by atoms with E-state index in [1.807, 2.05) is 29.8 Å². The molecule has 1 saturated carbocycles. The Balaban J connectivity index is 1.54. The van der Waals surface area contributed by atoms with E-state index in [1.165, 1.54) is 0 Å². The lowest BCUT2D eigenvalue weighted by Gasteiger charge is -2.19. The molecule has 1 N–H and O–H groups in total. The quantitative estimate of drug-likeness (QED) is 0.775. The Hall–Kier alpha value is -2.47. The highest BCUT2D eigenvalue weighted by Gasteiger charge is 2.45. The van der Waals surface area contributed by atoms with Gasteiger partial charge in [-0.1, -0.05) is 0 Å². The monoisotopic (exact) mass is 364 g/mol. The van der Waals surface area contributed by atoms with Crippen LogP contribution in [0.5, 0.6) is 0 Å². The third-order valence-electron chi connectivity index (χ3n) is 6.17. The van der Waals surface area contributed by atoms with Crippen LogP contribution in [0.2, 0.25) is 0 Å². The standard InChI is InChI=1S/C21H24N4O2/c1-12-19(21(27)25-7-4-3-5-17(25)22-12)15-10-16(15)20-13(2)24-8-6-14(11-26)9-18(24)23-20/h6,8-9,15-16,26H,3-5,7,10-11H2,1-2H3. The maximum Gasteiger partial charge on any atom is 0.257 e. The Morgan fingerprint density at radius 2 is 2.07 bits per heavy atom. The molecular weight excluding hydrogens is 340 g/mol. The Labute approximate surface area is 157 Å². The summed E-state index contributed by atoms with van der Waals surface area (Å²) in [6.45, 7) is 4.86. The van der Waals surface area contributed by atoms with Crippen molar-refractivity contribution in [3.63, 3.8) is 0 Å². The first kappa shape index (κ1) is 16.7. The van der Waals surface area contributed by atoms with Gasteiger partial charge in [0, 0.05) is 47.9 Å². The van der Waals surface area contributed by atoms with Crippen LogP contribution in [-0.2, 0) is 19.6 Å².